The standard InChI is InChI=1S/C11H16N2O3S/c14-17(15,11-4-7-16-8-5-11)13-9-10-3-1-2-6-12-10/h1-3,6,11,13H,4-5,7-9H2. The fraction of sp³-hybridized carbons (Fsp3) is 0.545. The molecule has 0 aliphatic carbocycles. The Morgan fingerprint density at radius 3 is 2.76 bits per heavy atom. The van der Waals surface area contributed by atoms with Crippen molar-refractivity contribution in [3.05, 3.63) is 30.1 Å². The number of hydrogen-bond donors (Lipinski definition) is 1. The Hall–Kier alpha value is -0.980. The van der Waals surface area contributed by atoms with Crippen LogP contribution in [0.2, 0.25) is 0 Å². The summed E-state index contributed by atoms with van der Waals surface area (Å²) in [7, 11) is -3.25. The molecule has 0 unspecified atom stereocenters. The van der Waals surface area contributed by atoms with Crippen LogP contribution in [-0.2, 0) is 21.3 Å². The van der Waals surface area contributed by atoms with E-state index in [0.717, 1.165) is 5.69 Å². The smallest absolute Gasteiger partial charge is 0.215 e. The Balaban J connectivity index is 1.93. The number of rotatable bonds is 4. The lowest BCUT2D eigenvalue weighted by molar-refractivity contribution is 0.0981. The number of hydrogen-bond acceptors (Lipinski definition) is 4. The maximum atomic E-state index is 12.0. The fourth-order valence-electron chi connectivity index (χ4n) is 1.78. The summed E-state index contributed by atoms with van der Waals surface area (Å²) in [4.78, 5) is 4.08. The van der Waals surface area contributed by atoms with Gasteiger partial charge in [0, 0.05) is 19.4 Å². The van der Waals surface area contributed by atoms with Gasteiger partial charge in [-0.1, -0.05) is 6.07 Å². The van der Waals surface area contributed by atoms with Crippen LogP contribution in [0.25, 0.3) is 0 Å². The lowest BCUT2D eigenvalue weighted by Gasteiger charge is -2.22. The Morgan fingerprint density at radius 1 is 1.35 bits per heavy atom. The first-order chi connectivity index (χ1) is 8.18. The van der Waals surface area contributed by atoms with Gasteiger partial charge in [-0.2, -0.15) is 0 Å². The average Bonchev–Trinajstić information content (AvgIpc) is 2.39. The molecule has 6 heteroatoms. The highest BCUT2D eigenvalue weighted by Gasteiger charge is 2.27. The summed E-state index contributed by atoms with van der Waals surface area (Å²) in [5, 5.41) is -0.333. The molecule has 1 aliphatic heterocycles. The van der Waals surface area contributed by atoms with E-state index in [-0.39, 0.29) is 11.8 Å². The zero-order valence-electron chi connectivity index (χ0n) is 9.50. The van der Waals surface area contributed by atoms with Gasteiger partial charge in [0.2, 0.25) is 10.0 Å². The van der Waals surface area contributed by atoms with E-state index in [1.807, 2.05) is 6.07 Å². The summed E-state index contributed by atoms with van der Waals surface area (Å²) in [5.41, 5.74) is 0.725. The van der Waals surface area contributed by atoms with Gasteiger partial charge in [0.1, 0.15) is 0 Å². The molecule has 1 aromatic heterocycles. The first-order valence-corrected chi connectivity index (χ1v) is 7.19. The van der Waals surface area contributed by atoms with E-state index in [1.54, 1.807) is 18.3 Å². The number of nitrogens with one attached hydrogen (secondary N) is 1. The number of ether oxygens (including phenoxy) is 1. The van der Waals surface area contributed by atoms with Gasteiger partial charge in [-0.15, -0.1) is 0 Å². The van der Waals surface area contributed by atoms with E-state index >= 15 is 0 Å². The molecular weight excluding hydrogens is 240 g/mol. The lowest BCUT2D eigenvalue weighted by atomic mass is 10.2. The molecule has 1 aromatic rings. The second kappa shape index (κ2) is 5.57. The van der Waals surface area contributed by atoms with Crippen molar-refractivity contribution in [3.8, 4) is 0 Å². The van der Waals surface area contributed by atoms with Gasteiger partial charge in [-0.25, -0.2) is 13.1 Å². The largest absolute Gasteiger partial charge is 0.381 e. The molecular formula is C11H16N2O3S. The monoisotopic (exact) mass is 256 g/mol. The van der Waals surface area contributed by atoms with Crippen molar-refractivity contribution < 1.29 is 13.2 Å². The highest BCUT2D eigenvalue weighted by molar-refractivity contribution is 7.90. The number of nitrogens with zero attached hydrogens (tertiary/aromatic N) is 1. The highest BCUT2D eigenvalue weighted by atomic mass is 32.2. The van der Waals surface area contributed by atoms with Crippen molar-refractivity contribution in [2.45, 2.75) is 24.6 Å². The van der Waals surface area contributed by atoms with Crippen LogP contribution in [0, 0.1) is 0 Å². The number of sulfonamides is 1. The Kier molecular flexibility index (Phi) is 4.09. The molecule has 2 heterocycles. The van der Waals surface area contributed by atoms with Crippen LogP contribution >= 0.6 is 0 Å². The molecule has 2 rings (SSSR count). The third kappa shape index (κ3) is 3.49. The van der Waals surface area contributed by atoms with Crippen molar-refractivity contribution >= 4 is 10.0 Å². The molecule has 0 spiro atoms. The van der Waals surface area contributed by atoms with Crippen LogP contribution in [0.5, 0.6) is 0 Å². The van der Waals surface area contributed by atoms with Gasteiger partial charge in [0.15, 0.2) is 0 Å². The van der Waals surface area contributed by atoms with Crippen LogP contribution < -0.4 is 4.72 Å². The normalized spacial score (nSPS) is 18.1. The maximum Gasteiger partial charge on any atom is 0.215 e. The van der Waals surface area contributed by atoms with Crippen LogP contribution in [0.15, 0.2) is 24.4 Å². The minimum atomic E-state index is -3.25. The van der Waals surface area contributed by atoms with Crippen molar-refractivity contribution in [3.63, 3.8) is 0 Å². The molecule has 0 saturated carbocycles. The van der Waals surface area contributed by atoms with Crippen LogP contribution in [0.3, 0.4) is 0 Å². The first kappa shape index (κ1) is 12.5. The summed E-state index contributed by atoms with van der Waals surface area (Å²) in [6, 6.07) is 5.44. The number of pyridine rings is 1. The predicted octanol–water partition coefficient (Wildman–Crippen LogP) is 0.680. The summed E-state index contributed by atoms with van der Waals surface area (Å²) in [6.45, 7) is 1.30. The second-order valence-corrected chi connectivity index (χ2v) is 6.04. The van der Waals surface area contributed by atoms with Gasteiger partial charge >= 0.3 is 0 Å². The van der Waals surface area contributed by atoms with Crippen LogP contribution in [0.4, 0.5) is 0 Å². The van der Waals surface area contributed by atoms with Crippen molar-refractivity contribution in [1.29, 1.82) is 0 Å². The second-order valence-electron chi connectivity index (χ2n) is 4.00. The fourth-order valence-corrected chi connectivity index (χ4v) is 3.18. The summed E-state index contributed by atoms with van der Waals surface area (Å²) in [6.07, 6.45) is 2.78. The molecule has 17 heavy (non-hydrogen) atoms. The Bertz CT molecular complexity index is 441. The van der Waals surface area contributed by atoms with E-state index in [2.05, 4.69) is 9.71 Å². The highest BCUT2D eigenvalue weighted by Crippen LogP contribution is 2.14. The first-order valence-electron chi connectivity index (χ1n) is 5.64. The van der Waals surface area contributed by atoms with Gasteiger partial charge in [-0.05, 0) is 25.0 Å². The molecule has 0 bridgehead atoms. The van der Waals surface area contributed by atoms with Crippen molar-refractivity contribution in [1.82, 2.24) is 9.71 Å². The van der Waals surface area contributed by atoms with Crippen molar-refractivity contribution in [2.24, 2.45) is 0 Å². The van der Waals surface area contributed by atoms with Crippen LogP contribution in [0.1, 0.15) is 18.5 Å². The zero-order valence-corrected chi connectivity index (χ0v) is 10.3. The third-order valence-electron chi connectivity index (χ3n) is 2.79. The average molecular weight is 256 g/mol. The molecule has 1 N–H and O–H groups in total. The molecule has 0 amide bonds. The van der Waals surface area contributed by atoms with E-state index in [0.29, 0.717) is 26.1 Å². The summed E-state index contributed by atoms with van der Waals surface area (Å²) < 4.78 is 31.7. The minimum Gasteiger partial charge on any atom is -0.381 e. The third-order valence-corrected chi connectivity index (χ3v) is 4.68. The molecule has 94 valence electrons. The van der Waals surface area contributed by atoms with Gasteiger partial charge in [-0.3, -0.25) is 4.98 Å². The van der Waals surface area contributed by atoms with E-state index < -0.39 is 10.0 Å². The van der Waals surface area contributed by atoms with Crippen LogP contribution in [-0.4, -0.2) is 31.9 Å². The molecule has 1 saturated heterocycles. The molecule has 5 nitrogen and oxygen atoms in total. The van der Waals surface area contributed by atoms with E-state index in [9.17, 15) is 8.42 Å². The maximum absolute atomic E-state index is 12.0. The predicted molar refractivity (Wildman–Crippen MR) is 63.8 cm³/mol. The van der Waals surface area contributed by atoms with Gasteiger partial charge in [0.25, 0.3) is 0 Å². The summed E-state index contributed by atoms with van der Waals surface area (Å²) in [5.74, 6) is 0. The van der Waals surface area contributed by atoms with Crippen molar-refractivity contribution in [2.75, 3.05) is 13.2 Å². The zero-order chi connectivity index (χ0) is 12.1. The SMILES string of the molecule is O=S(=O)(NCc1ccccn1)C1CCOCC1. The van der Waals surface area contributed by atoms with E-state index in [4.69, 9.17) is 4.74 Å². The molecule has 0 atom stereocenters. The van der Waals surface area contributed by atoms with Gasteiger partial charge in [0.05, 0.1) is 17.5 Å². The lowest BCUT2D eigenvalue weighted by Crippen LogP contribution is -2.37. The topological polar surface area (TPSA) is 68.3 Å². The number of aromatic nitrogens is 1. The summed E-state index contributed by atoms with van der Waals surface area (Å²) >= 11 is 0. The van der Waals surface area contributed by atoms with Gasteiger partial charge < -0.3 is 4.74 Å². The Morgan fingerprint density at radius 2 is 2.12 bits per heavy atom. The molecule has 1 aliphatic rings. The minimum absolute atomic E-state index is 0.251. The van der Waals surface area contributed by atoms with E-state index in [1.165, 1.54) is 0 Å². The molecule has 1 fully saturated rings. The quantitative estimate of drug-likeness (QED) is 0.860. The molecule has 0 radical (unpaired) electrons. The Labute approximate surface area is 101 Å². The molecule has 0 aromatic carbocycles.